The number of rotatable bonds is 26. The summed E-state index contributed by atoms with van der Waals surface area (Å²) in [5.41, 5.74) is 7.03. The fourth-order valence-corrected chi connectivity index (χ4v) is 5.88. The normalized spacial score (nSPS) is 12.8. The van der Waals surface area contributed by atoms with Crippen LogP contribution in [0.5, 0.6) is 0 Å². The van der Waals surface area contributed by atoms with Gasteiger partial charge in [0.05, 0.1) is 19.0 Å². The van der Waals surface area contributed by atoms with Gasteiger partial charge in [-0.15, -0.1) is 4.52 Å². The van der Waals surface area contributed by atoms with Crippen LogP contribution in [0.4, 0.5) is 5.82 Å². The van der Waals surface area contributed by atoms with Crippen molar-refractivity contribution >= 4 is 37.0 Å². The molecule has 2 rings (SSSR count). The molecular formula is C28H51N5O4PS+. The lowest BCUT2D eigenvalue weighted by Gasteiger charge is -2.11. The number of hydrogen-bond donors (Lipinski definition) is 1. The molecule has 0 saturated heterocycles. The molecule has 0 bridgehead atoms. The van der Waals surface area contributed by atoms with Crippen molar-refractivity contribution < 1.29 is 18.3 Å². The lowest BCUT2D eigenvalue weighted by Crippen LogP contribution is -2.17. The van der Waals surface area contributed by atoms with Crippen molar-refractivity contribution in [2.24, 2.45) is 0 Å². The van der Waals surface area contributed by atoms with Crippen LogP contribution in [-0.2, 0) is 24.9 Å². The number of fused-ring (bicyclic) bond motifs is 1. The highest BCUT2D eigenvalue weighted by Gasteiger charge is 2.21. The van der Waals surface area contributed by atoms with E-state index in [4.69, 9.17) is 19.5 Å². The van der Waals surface area contributed by atoms with E-state index in [9.17, 15) is 4.57 Å². The molecular weight excluding hydrogens is 533 g/mol. The van der Waals surface area contributed by atoms with Crippen molar-refractivity contribution in [3.63, 3.8) is 0 Å². The van der Waals surface area contributed by atoms with Gasteiger partial charge in [-0.2, -0.15) is 11.8 Å². The number of thioether (sulfide) groups is 1. The molecule has 0 radical (unpaired) electrons. The molecule has 39 heavy (non-hydrogen) atoms. The molecule has 2 aromatic rings. The summed E-state index contributed by atoms with van der Waals surface area (Å²) < 4.78 is 29.8. The summed E-state index contributed by atoms with van der Waals surface area (Å²) in [5, 5.41) is 0. The van der Waals surface area contributed by atoms with Gasteiger partial charge in [-0.25, -0.2) is 15.0 Å². The Morgan fingerprint density at radius 3 is 2.15 bits per heavy atom. The highest BCUT2D eigenvalue weighted by molar-refractivity contribution is 7.99. The Hall–Kier alpha value is -1.32. The maximum absolute atomic E-state index is 11.9. The minimum absolute atomic E-state index is 0.0991. The van der Waals surface area contributed by atoms with Gasteiger partial charge in [0.2, 0.25) is 6.79 Å². The second kappa shape index (κ2) is 22.4. The SMILES string of the molecule is CCCCCCCSCCCCCCCCCCCCO[P+](=O)OCO[C@H](C)Cn1cnc2c(N)ncnc21. The summed E-state index contributed by atoms with van der Waals surface area (Å²) >= 11 is 2.15. The van der Waals surface area contributed by atoms with E-state index in [0.29, 0.717) is 30.1 Å². The van der Waals surface area contributed by atoms with Crippen molar-refractivity contribution in [2.75, 3.05) is 30.6 Å². The van der Waals surface area contributed by atoms with Crippen LogP contribution < -0.4 is 5.73 Å². The maximum Gasteiger partial charge on any atom is 0.699 e. The molecule has 2 atom stereocenters. The Morgan fingerprint density at radius 2 is 1.49 bits per heavy atom. The van der Waals surface area contributed by atoms with E-state index in [-0.39, 0.29) is 12.9 Å². The molecule has 11 heteroatoms. The van der Waals surface area contributed by atoms with Gasteiger partial charge < -0.3 is 15.0 Å². The molecule has 0 spiro atoms. The molecule has 0 amide bonds. The van der Waals surface area contributed by atoms with E-state index in [1.54, 1.807) is 6.33 Å². The average Bonchev–Trinajstić information content (AvgIpc) is 3.33. The van der Waals surface area contributed by atoms with Crippen molar-refractivity contribution in [1.82, 2.24) is 19.5 Å². The lowest BCUT2D eigenvalue weighted by molar-refractivity contribution is -0.0367. The average molecular weight is 585 g/mol. The molecule has 2 N–H and O–H groups in total. The molecule has 0 fully saturated rings. The first-order valence-corrected chi connectivity index (χ1v) is 17.2. The Kier molecular flexibility index (Phi) is 19.4. The standard InChI is InChI=1S/C28H51N5O4PS/c1-3-4-5-13-16-19-39-20-17-14-11-9-7-6-8-10-12-15-18-36-38(34)37-24-35-25(2)21-33-23-32-26-27(29)30-22-31-28(26)33/h22-23,25H,3-21,24H2,1-2H3,(H2,29,30,31)/q+1/t25-/m1/s1. The number of nitrogens with zero attached hydrogens (tertiary/aromatic N) is 4. The maximum atomic E-state index is 11.9. The fraction of sp³-hybridized carbons (Fsp3) is 0.821. The molecule has 9 nitrogen and oxygen atoms in total. The van der Waals surface area contributed by atoms with Crippen molar-refractivity contribution in [2.45, 2.75) is 123 Å². The van der Waals surface area contributed by atoms with Gasteiger partial charge in [0.1, 0.15) is 18.5 Å². The topological polar surface area (TPSA) is 114 Å². The zero-order valence-electron chi connectivity index (χ0n) is 24.2. The highest BCUT2D eigenvalue weighted by Crippen LogP contribution is 2.24. The number of imidazole rings is 1. The Bertz CT molecular complexity index is 904. The molecule has 0 saturated carbocycles. The summed E-state index contributed by atoms with van der Waals surface area (Å²) in [7, 11) is -2.17. The van der Waals surface area contributed by atoms with Crippen LogP contribution >= 0.6 is 20.0 Å². The second-order valence-electron chi connectivity index (χ2n) is 10.2. The number of hydrogen-bond acceptors (Lipinski definition) is 9. The third-order valence-corrected chi connectivity index (χ3v) is 8.53. The molecule has 222 valence electrons. The Labute approximate surface area is 240 Å². The van der Waals surface area contributed by atoms with Crippen LogP contribution in [0.25, 0.3) is 11.2 Å². The van der Waals surface area contributed by atoms with Crippen LogP contribution in [0.15, 0.2) is 12.7 Å². The fourth-order valence-electron chi connectivity index (χ4n) is 4.36. The van der Waals surface area contributed by atoms with Gasteiger partial charge in [-0.05, 0) is 37.7 Å². The lowest BCUT2D eigenvalue weighted by atomic mass is 10.1. The predicted octanol–water partition coefficient (Wildman–Crippen LogP) is 8.07. The third kappa shape index (κ3) is 15.9. The first-order valence-electron chi connectivity index (χ1n) is 15.0. The number of nitrogen functional groups attached to an aromatic ring is 1. The molecule has 2 aromatic heterocycles. The van der Waals surface area contributed by atoms with Gasteiger partial charge in [-0.1, -0.05) is 88.5 Å². The van der Waals surface area contributed by atoms with E-state index < -0.39 is 8.25 Å². The van der Waals surface area contributed by atoms with E-state index in [1.807, 2.05) is 11.5 Å². The van der Waals surface area contributed by atoms with Crippen molar-refractivity contribution in [1.29, 1.82) is 0 Å². The minimum atomic E-state index is -2.17. The smallest absolute Gasteiger partial charge is 0.382 e. The number of unbranched alkanes of at least 4 members (excludes halogenated alkanes) is 13. The molecule has 0 aliphatic heterocycles. The van der Waals surface area contributed by atoms with Gasteiger partial charge in [0.25, 0.3) is 0 Å². The number of aromatic nitrogens is 4. The molecule has 0 aliphatic rings. The summed E-state index contributed by atoms with van der Waals surface area (Å²) in [6.45, 7) is 5.02. The third-order valence-electron chi connectivity index (χ3n) is 6.67. The van der Waals surface area contributed by atoms with Gasteiger partial charge in [0.15, 0.2) is 11.5 Å². The molecule has 0 aromatic carbocycles. The summed E-state index contributed by atoms with van der Waals surface area (Å²) in [6, 6.07) is 0. The van der Waals surface area contributed by atoms with Gasteiger partial charge >= 0.3 is 8.25 Å². The van der Waals surface area contributed by atoms with Crippen LogP contribution in [0.1, 0.15) is 110 Å². The Morgan fingerprint density at radius 1 is 0.872 bits per heavy atom. The predicted molar refractivity (Wildman–Crippen MR) is 162 cm³/mol. The minimum Gasteiger partial charge on any atom is -0.382 e. The molecule has 1 unspecified atom stereocenters. The number of anilines is 1. The number of nitrogens with two attached hydrogens (primary N) is 1. The monoisotopic (exact) mass is 584 g/mol. The van der Waals surface area contributed by atoms with Gasteiger partial charge in [0, 0.05) is 4.57 Å². The summed E-state index contributed by atoms with van der Waals surface area (Å²) in [6.07, 6.45) is 22.5. The summed E-state index contributed by atoms with van der Waals surface area (Å²) in [4.78, 5) is 12.4. The van der Waals surface area contributed by atoms with Gasteiger partial charge in [-0.3, -0.25) is 0 Å². The number of ether oxygens (including phenoxy) is 1. The van der Waals surface area contributed by atoms with E-state index in [0.717, 1.165) is 12.8 Å². The van der Waals surface area contributed by atoms with Crippen LogP contribution in [0, 0.1) is 0 Å². The largest absolute Gasteiger partial charge is 0.699 e. The van der Waals surface area contributed by atoms with E-state index in [1.165, 1.54) is 101 Å². The zero-order valence-corrected chi connectivity index (χ0v) is 25.9. The first-order chi connectivity index (χ1) is 19.1. The molecule has 2 heterocycles. The summed E-state index contributed by atoms with van der Waals surface area (Å²) in [5.74, 6) is 3.04. The Balaban J connectivity index is 1.32. The quantitative estimate of drug-likeness (QED) is 0.0666. The first kappa shape index (κ1) is 33.9. The van der Waals surface area contributed by atoms with E-state index in [2.05, 4.69) is 33.6 Å². The van der Waals surface area contributed by atoms with Crippen molar-refractivity contribution in [3.8, 4) is 0 Å². The zero-order chi connectivity index (χ0) is 28.0. The highest BCUT2D eigenvalue weighted by atomic mass is 32.2. The van der Waals surface area contributed by atoms with E-state index >= 15 is 0 Å². The van der Waals surface area contributed by atoms with Crippen LogP contribution in [-0.4, -0.2) is 50.5 Å². The van der Waals surface area contributed by atoms with Crippen LogP contribution in [0.2, 0.25) is 0 Å². The second-order valence-corrected chi connectivity index (χ2v) is 12.4. The molecule has 0 aliphatic carbocycles. The van der Waals surface area contributed by atoms with Crippen LogP contribution in [0.3, 0.4) is 0 Å². The van der Waals surface area contributed by atoms with Crippen molar-refractivity contribution in [3.05, 3.63) is 12.7 Å².